The van der Waals surface area contributed by atoms with Crippen LogP contribution in [0.4, 0.5) is 28.8 Å². The summed E-state index contributed by atoms with van der Waals surface area (Å²) < 4.78 is 18.6. The first-order valence-electron chi connectivity index (χ1n) is 14.6. The van der Waals surface area contributed by atoms with Crippen LogP contribution in [0.2, 0.25) is 5.02 Å². The van der Waals surface area contributed by atoms with E-state index in [1.807, 2.05) is 36.4 Å². The molecule has 0 amide bonds. The second-order valence-corrected chi connectivity index (χ2v) is 14.9. The molecule has 43 heavy (non-hydrogen) atoms. The molecule has 3 heterocycles. The van der Waals surface area contributed by atoms with Crippen molar-refractivity contribution in [3.8, 4) is 5.75 Å². The van der Waals surface area contributed by atoms with E-state index in [9.17, 15) is 9.67 Å². The van der Waals surface area contributed by atoms with Crippen molar-refractivity contribution >= 4 is 52.9 Å². The number of aliphatic hydroxyl groups is 1. The first-order valence-corrected chi connectivity index (χ1v) is 17.6. The molecule has 1 atom stereocenters. The van der Waals surface area contributed by atoms with E-state index < -0.39 is 13.5 Å². The molecule has 1 unspecified atom stereocenters. The Hall–Kier alpha value is -2.92. The van der Waals surface area contributed by atoms with Crippen molar-refractivity contribution in [3.05, 3.63) is 53.7 Å². The van der Waals surface area contributed by atoms with Crippen molar-refractivity contribution in [1.29, 1.82) is 0 Å². The summed E-state index contributed by atoms with van der Waals surface area (Å²) in [5, 5.41) is 20.5. The highest BCUT2D eigenvalue weighted by molar-refractivity contribution is 7.70. The number of nitrogens with zero attached hydrogens (tertiary/aromatic N) is 5. The van der Waals surface area contributed by atoms with Crippen LogP contribution in [0.3, 0.4) is 0 Å². The molecule has 0 spiro atoms. The minimum absolute atomic E-state index is 0.352. The van der Waals surface area contributed by atoms with Gasteiger partial charge in [-0.3, -0.25) is 15.1 Å². The standard InChI is InChI=1S/C30H42ClN8O3P/c1-32-30(40)39-17-15-38(16-18-39)21-11-13-37(14-12-21)22-9-10-24(26(19-22)42-2)35-29-33-20-23(31)28(36-29)34-25-7-5-6-8-27(25)43(3,4)41/h5-10,19-21,30,32,40H,11-18H2,1-4H3,(H2,33,34,35,36). The van der Waals surface area contributed by atoms with Crippen LogP contribution >= 0.6 is 18.7 Å². The van der Waals surface area contributed by atoms with E-state index in [4.69, 9.17) is 16.3 Å². The molecule has 5 rings (SSSR count). The number of rotatable bonds is 10. The number of benzene rings is 2. The molecule has 1 aromatic heterocycles. The summed E-state index contributed by atoms with van der Waals surface area (Å²) in [4.78, 5) is 16.0. The third kappa shape index (κ3) is 7.60. The van der Waals surface area contributed by atoms with E-state index in [0.717, 1.165) is 68.8 Å². The van der Waals surface area contributed by atoms with Crippen LogP contribution in [0.5, 0.6) is 5.75 Å². The van der Waals surface area contributed by atoms with E-state index in [1.165, 1.54) is 6.20 Å². The van der Waals surface area contributed by atoms with E-state index in [-0.39, 0.29) is 0 Å². The molecular weight excluding hydrogens is 587 g/mol. The number of halogens is 1. The van der Waals surface area contributed by atoms with Crippen LogP contribution in [-0.4, -0.2) is 104 Å². The Labute approximate surface area is 259 Å². The molecule has 0 bridgehead atoms. The molecule has 0 radical (unpaired) electrons. The molecule has 2 aliphatic rings. The highest BCUT2D eigenvalue weighted by Gasteiger charge is 2.29. The van der Waals surface area contributed by atoms with E-state index in [1.54, 1.807) is 27.5 Å². The van der Waals surface area contributed by atoms with Crippen molar-refractivity contribution < 1.29 is 14.4 Å². The predicted octanol–water partition coefficient (Wildman–Crippen LogP) is 3.96. The molecule has 3 aromatic rings. The number of piperazine rings is 1. The summed E-state index contributed by atoms with van der Waals surface area (Å²) in [5.41, 5.74) is 2.55. The van der Waals surface area contributed by atoms with Crippen molar-refractivity contribution in [2.45, 2.75) is 25.2 Å². The van der Waals surface area contributed by atoms with Gasteiger partial charge in [0, 0.05) is 62.4 Å². The summed E-state index contributed by atoms with van der Waals surface area (Å²) in [7, 11) is 0.917. The summed E-state index contributed by atoms with van der Waals surface area (Å²) in [6.45, 7) is 9.11. The van der Waals surface area contributed by atoms with Crippen LogP contribution in [0.25, 0.3) is 0 Å². The number of piperidine rings is 1. The van der Waals surface area contributed by atoms with Crippen LogP contribution in [0.1, 0.15) is 12.8 Å². The first kappa shape index (κ1) is 31.5. The van der Waals surface area contributed by atoms with Crippen LogP contribution in [-0.2, 0) is 4.57 Å². The van der Waals surface area contributed by atoms with Gasteiger partial charge < -0.3 is 29.9 Å². The van der Waals surface area contributed by atoms with Gasteiger partial charge in [-0.25, -0.2) is 4.98 Å². The molecule has 0 aliphatic carbocycles. The Morgan fingerprint density at radius 2 is 1.74 bits per heavy atom. The maximum atomic E-state index is 12.8. The lowest BCUT2D eigenvalue weighted by Crippen LogP contribution is -2.57. The number of anilines is 5. The number of methoxy groups -OCH3 is 1. The molecule has 4 N–H and O–H groups in total. The summed E-state index contributed by atoms with van der Waals surface area (Å²) in [5.74, 6) is 1.46. The molecular formula is C30H42ClN8O3P. The maximum Gasteiger partial charge on any atom is 0.229 e. The van der Waals surface area contributed by atoms with Crippen LogP contribution < -0.4 is 30.9 Å². The third-order valence-corrected chi connectivity index (χ3v) is 10.0. The fraction of sp³-hybridized carbons (Fsp3) is 0.467. The van der Waals surface area contributed by atoms with Gasteiger partial charge in [-0.15, -0.1) is 0 Å². The number of aromatic nitrogens is 2. The minimum Gasteiger partial charge on any atom is -0.494 e. The van der Waals surface area contributed by atoms with Gasteiger partial charge in [0.15, 0.2) is 12.2 Å². The number of hydrogen-bond donors (Lipinski definition) is 4. The molecule has 2 saturated heterocycles. The third-order valence-electron chi connectivity index (χ3n) is 8.21. The molecule has 2 aromatic carbocycles. The molecule has 2 fully saturated rings. The summed E-state index contributed by atoms with van der Waals surface area (Å²) >= 11 is 6.43. The molecule has 11 nitrogen and oxygen atoms in total. The highest BCUT2D eigenvalue weighted by Crippen LogP contribution is 2.39. The van der Waals surface area contributed by atoms with Gasteiger partial charge in [-0.2, -0.15) is 4.98 Å². The van der Waals surface area contributed by atoms with Gasteiger partial charge in [0.25, 0.3) is 0 Å². The summed E-state index contributed by atoms with van der Waals surface area (Å²) in [6.07, 6.45) is 3.16. The number of hydrogen-bond acceptors (Lipinski definition) is 11. The lowest BCUT2D eigenvalue weighted by molar-refractivity contribution is -0.0491. The minimum atomic E-state index is -2.52. The lowest BCUT2D eigenvalue weighted by Gasteiger charge is -2.44. The molecule has 232 valence electrons. The van der Waals surface area contributed by atoms with Crippen molar-refractivity contribution in [2.24, 2.45) is 0 Å². The largest absolute Gasteiger partial charge is 0.494 e. The molecule has 2 aliphatic heterocycles. The number of aliphatic hydroxyl groups excluding tert-OH is 1. The topological polar surface area (TPSA) is 118 Å². The Morgan fingerprint density at radius 1 is 1.02 bits per heavy atom. The van der Waals surface area contributed by atoms with Crippen LogP contribution in [0.15, 0.2) is 48.7 Å². The SMILES string of the molecule is CNC(O)N1CCN(C2CCN(c3ccc(Nc4ncc(Cl)c(Nc5ccccc5P(C)(C)=O)n4)c(OC)c3)CC2)CC1. The quantitative estimate of drug-likeness (QED) is 0.193. The van der Waals surface area contributed by atoms with Gasteiger partial charge >= 0.3 is 0 Å². The van der Waals surface area contributed by atoms with E-state index >= 15 is 0 Å². The van der Waals surface area contributed by atoms with Gasteiger partial charge in [0.1, 0.15) is 17.9 Å². The van der Waals surface area contributed by atoms with E-state index in [2.05, 4.69) is 46.7 Å². The first-order chi connectivity index (χ1) is 20.7. The fourth-order valence-electron chi connectivity index (χ4n) is 5.81. The van der Waals surface area contributed by atoms with Gasteiger partial charge in [-0.05, 0) is 57.5 Å². The van der Waals surface area contributed by atoms with Crippen molar-refractivity contribution in [2.75, 3.05) is 82.3 Å². The monoisotopic (exact) mass is 628 g/mol. The smallest absolute Gasteiger partial charge is 0.229 e. The second kappa shape index (κ2) is 13.8. The number of nitrogens with one attached hydrogen (secondary N) is 3. The van der Waals surface area contributed by atoms with Crippen LogP contribution in [0, 0.1) is 0 Å². The number of ether oxygens (including phenoxy) is 1. The van der Waals surface area contributed by atoms with Crippen molar-refractivity contribution in [1.82, 2.24) is 25.1 Å². The predicted molar refractivity (Wildman–Crippen MR) is 176 cm³/mol. The Kier molecular flexibility index (Phi) is 10.1. The lowest BCUT2D eigenvalue weighted by atomic mass is 10.0. The maximum absolute atomic E-state index is 12.8. The summed E-state index contributed by atoms with van der Waals surface area (Å²) in [6, 6.07) is 14.1. The Bertz CT molecular complexity index is 1440. The number of para-hydroxylation sites is 1. The Balaban J connectivity index is 1.23. The normalized spacial score (nSPS) is 18.0. The van der Waals surface area contributed by atoms with E-state index in [0.29, 0.717) is 34.3 Å². The Morgan fingerprint density at radius 3 is 2.42 bits per heavy atom. The average molecular weight is 629 g/mol. The van der Waals surface area contributed by atoms with Gasteiger partial charge in [0.05, 0.1) is 24.7 Å². The zero-order valence-corrected chi connectivity index (χ0v) is 26.9. The van der Waals surface area contributed by atoms with Gasteiger partial charge in [0.2, 0.25) is 5.95 Å². The zero-order valence-electron chi connectivity index (χ0n) is 25.3. The zero-order chi connectivity index (χ0) is 30.6. The average Bonchev–Trinajstić information content (AvgIpc) is 3.02. The second-order valence-electron chi connectivity index (χ2n) is 11.3. The van der Waals surface area contributed by atoms with Gasteiger partial charge in [-0.1, -0.05) is 23.7 Å². The van der Waals surface area contributed by atoms with Crippen molar-refractivity contribution in [3.63, 3.8) is 0 Å². The molecule has 13 heteroatoms. The highest BCUT2D eigenvalue weighted by atomic mass is 35.5. The molecule has 0 saturated carbocycles. The fourth-order valence-corrected chi connectivity index (χ4v) is 7.10.